The first-order valence-electron chi connectivity index (χ1n) is 5.72. The zero-order valence-electron chi connectivity index (χ0n) is 10.0. The lowest BCUT2D eigenvalue weighted by molar-refractivity contribution is -0.402. The fraction of sp³-hybridized carbons (Fsp3) is 0.636. The fourth-order valence-electron chi connectivity index (χ4n) is 2.55. The number of hydrogen-bond donors (Lipinski definition) is 1. The maximum absolute atomic E-state index is 10.6. The van der Waals surface area contributed by atoms with E-state index in [4.69, 9.17) is 4.42 Å². The molecule has 17 heavy (non-hydrogen) atoms. The number of nitrogens with zero attached hydrogens (tertiary/aromatic N) is 2. The average molecular weight is 239 g/mol. The molecule has 0 aromatic carbocycles. The second-order valence-corrected chi connectivity index (χ2v) is 4.46. The van der Waals surface area contributed by atoms with E-state index >= 15 is 0 Å². The van der Waals surface area contributed by atoms with Crippen LogP contribution in [0.5, 0.6) is 0 Å². The summed E-state index contributed by atoms with van der Waals surface area (Å²) in [5.74, 6) is 0.955. The first-order chi connectivity index (χ1) is 8.13. The number of hydrogen-bond acceptors (Lipinski definition) is 5. The summed E-state index contributed by atoms with van der Waals surface area (Å²) in [4.78, 5) is 12.3. The highest BCUT2D eigenvalue weighted by Gasteiger charge is 2.35. The van der Waals surface area contributed by atoms with Crippen LogP contribution >= 0.6 is 0 Å². The first kappa shape index (κ1) is 12.1. The molecule has 6 heteroatoms. The lowest BCUT2D eigenvalue weighted by Crippen LogP contribution is -2.26. The molecule has 0 amide bonds. The van der Waals surface area contributed by atoms with Crippen LogP contribution in [-0.4, -0.2) is 37.0 Å². The summed E-state index contributed by atoms with van der Waals surface area (Å²) in [5, 5.41) is 13.8. The van der Waals surface area contributed by atoms with E-state index in [9.17, 15) is 10.1 Å². The first-order valence-corrected chi connectivity index (χ1v) is 5.72. The number of nitrogens with one attached hydrogen (secondary N) is 1. The zero-order chi connectivity index (χ0) is 12.4. The Morgan fingerprint density at radius 3 is 3.00 bits per heavy atom. The molecule has 0 bridgehead atoms. The molecule has 1 aliphatic heterocycles. The van der Waals surface area contributed by atoms with Crippen molar-refractivity contribution in [3.05, 3.63) is 28.0 Å². The van der Waals surface area contributed by atoms with E-state index < -0.39 is 4.92 Å². The minimum atomic E-state index is -0.495. The molecular weight excluding hydrogens is 222 g/mol. The minimum absolute atomic E-state index is 0.135. The molecule has 0 radical (unpaired) electrons. The summed E-state index contributed by atoms with van der Waals surface area (Å²) in [6.07, 6.45) is 1.08. The highest BCUT2D eigenvalue weighted by molar-refractivity contribution is 5.21. The van der Waals surface area contributed by atoms with Crippen LogP contribution in [0.4, 0.5) is 5.88 Å². The predicted molar refractivity (Wildman–Crippen MR) is 62.8 cm³/mol. The van der Waals surface area contributed by atoms with Gasteiger partial charge in [-0.15, -0.1) is 0 Å². The van der Waals surface area contributed by atoms with Crippen LogP contribution in [0.15, 0.2) is 16.5 Å². The minimum Gasteiger partial charge on any atom is -0.404 e. The SMILES string of the molecule is CNCC1CCN(C)C1c1ccc([N+](=O)[O-])o1. The molecule has 2 atom stereocenters. The Morgan fingerprint density at radius 2 is 2.41 bits per heavy atom. The van der Waals surface area contributed by atoms with Crippen LogP contribution in [0.25, 0.3) is 0 Å². The molecule has 2 unspecified atom stereocenters. The Labute approximate surface area is 99.7 Å². The van der Waals surface area contributed by atoms with Crippen molar-refractivity contribution in [2.24, 2.45) is 5.92 Å². The maximum Gasteiger partial charge on any atom is 0.433 e. The van der Waals surface area contributed by atoms with Gasteiger partial charge in [0.2, 0.25) is 0 Å². The van der Waals surface area contributed by atoms with Gasteiger partial charge < -0.3 is 9.73 Å². The lowest BCUT2D eigenvalue weighted by Gasteiger charge is -2.22. The lowest BCUT2D eigenvalue weighted by atomic mass is 9.98. The third kappa shape index (κ3) is 2.32. The molecule has 0 spiro atoms. The van der Waals surface area contributed by atoms with Crippen molar-refractivity contribution < 1.29 is 9.34 Å². The molecule has 1 aliphatic rings. The summed E-state index contributed by atoms with van der Waals surface area (Å²) < 4.78 is 5.31. The van der Waals surface area contributed by atoms with E-state index in [1.54, 1.807) is 6.07 Å². The largest absolute Gasteiger partial charge is 0.433 e. The molecule has 0 aliphatic carbocycles. The quantitative estimate of drug-likeness (QED) is 0.635. The van der Waals surface area contributed by atoms with Crippen molar-refractivity contribution in [3.63, 3.8) is 0 Å². The monoisotopic (exact) mass is 239 g/mol. The molecule has 2 heterocycles. The molecule has 94 valence electrons. The second kappa shape index (κ2) is 4.85. The van der Waals surface area contributed by atoms with E-state index in [1.165, 1.54) is 6.07 Å². The maximum atomic E-state index is 10.6. The number of nitro groups is 1. The highest BCUT2D eigenvalue weighted by Crippen LogP contribution is 2.37. The topological polar surface area (TPSA) is 71.5 Å². The van der Waals surface area contributed by atoms with Gasteiger partial charge in [0.05, 0.1) is 12.1 Å². The van der Waals surface area contributed by atoms with E-state index in [-0.39, 0.29) is 11.9 Å². The van der Waals surface area contributed by atoms with Crippen LogP contribution in [-0.2, 0) is 0 Å². The van der Waals surface area contributed by atoms with Gasteiger partial charge in [-0.2, -0.15) is 0 Å². The van der Waals surface area contributed by atoms with Crippen LogP contribution < -0.4 is 5.32 Å². The zero-order valence-corrected chi connectivity index (χ0v) is 10.0. The third-order valence-electron chi connectivity index (χ3n) is 3.32. The van der Waals surface area contributed by atoms with Crippen molar-refractivity contribution in [1.29, 1.82) is 0 Å². The van der Waals surface area contributed by atoms with Gasteiger partial charge in [0.25, 0.3) is 0 Å². The Bertz CT molecular complexity index is 402. The molecule has 1 N–H and O–H groups in total. The molecular formula is C11H17N3O3. The number of rotatable bonds is 4. The van der Waals surface area contributed by atoms with E-state index in [0.29, 0.717) is 11.7 Å². The summed E-state index contributed by atoms with van der Waals surface area (Å²) in [7, 11) is 3.94. The van der Waals surface area contributed by atoms with Crippen molar-refractivity contribution in [1.82, 2.24) is 10.2 Å². The van der Waals surface area contributed by atoms with Crippen molar-refractivity contribution in [2.75, 3.05) is 27.2 Å². The highest BCUT2D eigenvalue weighted by atomic mass is 16.6. The number of likely N-dealkylation sites (tertiary alicyclic amines) is 1. The van der Waals surface area contributed by atoms with E-state index in [2.05, 4.69) is 10.2 Å². The molecule has 1 aromatic heterocycles. The van der Waals surface area contributed by atoms with E-state index in [1.807, 2.05) is 14.1 Å². The second-order valence-electron chi connectivity index (χ2n) is 4.46. The van der Waals surface area contributed by atoms with Gasteiger partial charge in [-0.25, -0.2) is 0 Å². The third-order valence-corrected chi connectivity index (χ3v) is 3.32. The van der Waals surface area contributed by atoms with Crippen LogP contribution in [0.2, 0.25) is 0 Å². The van der Waals surface area contributed by atoms with Crippen molar-refractivity contribution >= 4 is 5.88 Å². The molecule has 1 aromatic rings. The van der Waals surface area contributed by atoms with Gasteiger partial charge in [0.15, 0.2) is 0 Å². The Morgan fingerprint density at radius 1 is 1.65 bits per heavy atom. The molecule has 2 rings (SSSR count). The standard InChI is InChI=1S/C11H17N3O3/c1-12-7-8-5-6-13(2)11(8)9-3-4-10(17-9)14(15)16/h3-4,8,11-12H,5-7H2,1-2H3. The van der Waals surface area contributed by atoms with Gasteiger partial charge in [-0.3, -0.25) is 15.0 Å². The van der Waals surface area contributed by atoms with Crippen LogP contribution in [0, 0.1) is 16.0 Å². The van der Waals surface area contributed by atoms with Gasteiger partial charge in [-0.1, -0.05) is 0 Å². The van der Waals surface area contributed by atoms with Crippen molar-refractivity contribution in [3.8, 4) is 0 Å². The van der Waals surface area contributed by atoms with Gasteiger partial charge in [0.1, 0.15) is 10.7 Å². The summed E-state index contributed by atoms with van der Waals surface area (Å²) in [5.41, 5.74) is 0. The molecule has 6 nitrogen and oxygen atoms in total. The fourth-order valence-corrected chi connectivity index (χ4v) is 2.55. The molecule has 1 saturated heterocycles. The normalized spacial score (nSPS) is 25.3. The van der Waals surface area contributed by atoms with Gasteiger partial charge in [-0.05, 0) is 45.6 Å². The van der Waals surface area contributed by atoms with E-state index in [0.717, 1.165) is 19.5 Å². The predicted octanol–water partition coefficient (Wildman–Crippen LogP) is 1.40. The number of furan rings is 1. The Hall–Kier alpha value is -1.40. The van der Waals surface area contributed by atoms with Crippen molar-refractivity contribution in [2.45, 2.75) is 12.5 Å². The summed E-state index contributed by atoms with van der Waals surface area (Å²) in [6, 6.07) is 3.28. The summed E-state index contributed by atoms with van der Waals surface area (Å²) >= 11 is 0. The van der Waals surface area contributed by atoms with Crippen LogP contribution in [0.1, 0.15) is 18.2 Å². The Kier molecular flexibility index (Phi) is 3.44. The van der Waals surface area contributed by atoms with Gasteiger partial charge >= 0.3 is 5.88 Å². The molecule has 0 saturated carbocycles. The van der Waals surface area contributed by atoms with Crippen LogP contribution in [0.3, 0.4) is 0 Å². The molecule has 1 fully saturated rings. The Balaban J connectivity index is 2.20. The average Bonchev–Trinajstić information content (AvgIpc) is 2.86. The van der Waals surface area contributed by atoms with Gasteiger partial charge in [0, 0.05) is 0 Å². The smallest absolute Gasteiger partial charge is 0.404 e. The summed E-state index contributed by atoms with van der Waals surface area (Å²) in [6.45, 7) is 1.88.